The third-order valence-electron chi connectivity index (χ3n) is 2.49. The van der Waals surface area contributed by atoms with Gasteiger partial charge in [-0.1, -0.05) is 43.7 Å². The van der Waals surface area contributed by atoms with Gasteiger partial charge in [-0.15, -0.1) is 0 Å². The highest BCUT2D eigenvalue weighted by Gasteiger charge is 1.99. The van der Waals surface area contributed by atoms with Crippen molar-refractivity contribution in [1.29, 1.82) is 0 Å². The summed E-state index contributed by atoms with van der Waals surface area (Å²) in [4.78, 5) is 0. The van der Waals surface area contributed by atoms with E-state index in [9.17, 15) is 0 Å². The minimum atomic E-state index is 0.842. The number of benzene rings is 1. The zero-order valence-corrected chi connectivity index (χ0v) is 10.5. The summed E-state index contributed by atoms with van der Waals surface area (Å²) in [6, 6.07) is 8.68. The first-order valence-corrected chi connectivity index (χ1v) is 5.86. The minimum Gasteiger partial charge on any atom is -0.402 e. The molecule has 0 atom stereocenters. The molecule has 0 unspecified atom stereocenters. The molecule has 1 rings (SSSR count). The fourth-order valence-corrected chi connectivity index (χ4v) is 1.77. The van der Waals surface area contributed by atoms with Gasteiger partial charge in [-0.25, -0.2) is 0 Å². The van der Waals surface area contributed by atoms with Gasteiger partial charge in [0.2, 0.25) is 0 Å². The lowest BCUT2D eigenvalue weighted by Crippen LogP contribution is -1.92. The van der Waals surface area contributed by atoms with Gasteiger partial charge >= 0.3 is 0 Å². The van der Waals surface area contributed by atoms with Gasteiger partial charge in [0.15, 0.2) is 0 Å². The molecular formula is C15H21N. The SMILES string of the molecule is C/C=C(\C=C(\C)N)c1cccc(CCC)c1. The predicted octanol–water partition coefficient (Wildman–Crippen LogP) is 3.90. The molecule has 0 heterocycles. The van der Waals surface area contributed by atoms with Gasteiger partial charge in [0.05, 0.1) is 0 Å². The molecule has 0 aliphatic carbocycles. The topological polar surface area (TPSA) is 26.0 Å². The summed E-state index contributed by atoms with van der Waals surface area (Å²) in [6.07, 6.45) is 6.43. The monoisotopic (exact) mass is 215 g/mol. The van der Waals surface area contributed by atoms with Gasteiger partial charge in [-0.05, 0) is 43.0 Å². The lowest BCUT2D eigenvalue weighted by Gasteiger charge is -2.06. The Bertz CT molecular complexity index is 396. The molecule has 2 N–H and O–H groups in total. The van der Waals surface area contributed by atoms with Crippen molar-refractivity contribution < 1.29 is 0 Å². The van der Waals surface area contributed by atoms with E-state index in [1.54, 1.807) is 0 Å². The number of rotatable bonds is 4. The van der Waals surface area contributed by atoms with Crippen LogP contribution in [-0.2, 0) is 6.42 Å². The third kappa shape index (κ3) is 3.58. The van der Waals surface area contributed by atoms with Crippen molar-refractivity contribution in [2.45, 2.75) is 33.6 Å². The summed E-state index contributed by atoms with van der Waals surface area (Å²) < 4.78 is 0. The van der Waals surface area contributed by atoms with Gasteiger partial charge in [0.25, 0.3) is 0 Å². The molecule has 16 heavy (non-hydrogen) atoms. The van der Waals surface area contributed by atoms with Gasteiger partial charge in [0.1, 0.15) is 0 Å². The van der Waals surface area contributed by atoms with Crippen LogP contribution in [0.3, 0.4) is 0 Å². The average molecular weight is 215 g/mol. The number of hydrogen-bond donors (Lipinski definition) is 1. The number of hydrogen-bond acceptors (Lipinski definition) is 1. The molecule has 1 heteroatoms. The minimum absolute atomic E-state index is 0.842. The van der Waals surface area contributed by atoms with Crippen molar-refractivity contribution in [1.82, 2.24) is 0 Å². The molecule has 0 bridgehead atoms. The fraction of sp³-hybridized carbons (Fsp3) is 0.333. The van der Waals surface area contributed by atoms with E-state index in [-0.39, 0.29) is 0 Å². The van der Waals surface area contributed by atoms with Crippen LogP contribution in [0.15, 0.2) is 42.1 Å². The normalized spacial score (nSPS) is 12.9. The molecule has 0 amide bonds. The summed E-state index contributed by atoms with van der Waals surface area (Å²) in [6.45, 7) is 6.16. The highest BCUT2D eigenvalue weighted by atomic mass is 14.5. The second kappa shape index (κ2) is 6.16. The fourth-order valence-electron chi connectivity index (χ4n) is 1.77. The van der Waals surface area contributed by atoms with E-state index in [1.807, 2.05) is 19.9 Å². The van der Waals surface area contributed by atoms with Crippen LogP contribution in [0, 0.1) is 0 Å². The lowest BCUT2D eigenvalue weighted by atomic mass is 10.0. The largest absolute Gasteiger partial charge is 0.402 e. The van der Waals surface area contributed by atoms with E-state index < -0.39 is 0 Å². The first kappa shape index (κ1) is 12.6. The molecule has 0 aliphatic rings. The molecule has 0 radical (unpaired) electrons. The van der Waals surface area contributed by atoms with E-state index >= 15 is 0 Å². The maximum absolute atomic E-state index is 5.72. The van der Waals surface area contributed by atoms with Crippen LogP contribution < -0.4 is 5.73 Å². The van der Waals surface area contributed by atoms with Crippen LogP contribution >= 0.6 is 0 Å². The Hall–Kier alpha value is -1.50. The first-order valence-electron chi connectivity index (χ1n) is 5.86. The molecule has 0 saturated heterocycles. The van der Waals surface area contributed by atoms with E-state index in [4.69, 9.17) is 5.73 Å². The molecule has 1 aromatic carbocycles. The van der Waals surface area contributed by atoms with Crippen LogP contribution in [0.4, 0.5) is 0 Å². The molecule has 86 valence electrons. The maximum Gasteiger partial charge on any atom is 0.00549 e. The number of nitrogens with two attached hydrogens (primary N) is 1. The van der Waals surface area contributed by atoms with Crippen molar-refractivity contribution in [2.24, 2.45) is 5.73 Å². The zero-order chi connectivity index (χ0) is 12.0. The summed E-state index contributed by atoms with van der Waals surface area (Å²) in [7, 11) is 0. The van der Waals surface area contributed by atoms with E-state index in [0.29, 0.717) is 0 Å². The Morgan fingerprint density at radius 1 is 1.38 bits per heavy atom. The highest BCUT2D eigenvalue weighted by molar-refractivity contribution is 5.74. The quantitative estimate of drug-likeness (QED) is 0.757. The van der Waals surface area contributed by atoms with E-state index in [0.717, 1.165) is 12.1 Å². The second-order valence-electron chi connectivity index (χ2n) is 4.08. The summed E-state index contributed by atoms with van der Waals surface area (Å²) >= 11 is 0. The Balaban J connectivity index is 3.02. The predicted molar refractivity (Wildman–Crippen MR) is 72.0 cm³/mol. The van der Waals surface area contributed by atoms with Crippen molar-refractivity contribution in [3.8, 4) is 0 Å². The molecule has 0 saturated carbocycles. The Labute approximate surface area is 98.7 Å². The second-order valence-corrected chi connectivity index (χ2v) is 4.08. The Morgan fingerprint density at radius 2 is 2.12 bits per heavy atom. The molecule has 0 fully saturated rings. The number of allylic oxidation sites excluding steroid dienone is 4. The summed E-state index contributed by atoms with van der Waals surface area (Å²) in [5, 5.41) is 0. The smallest absolute Gasteiger partial charge is 0.00549 e. The zero-order valence-electron chi connectivity index (χ0n) is 10.5. The van der Waals surface area contributed by atoms with Crippen LogP contribution in [0.2, 0.25) is 0 Å². The van der Waals surface area contributed by atoms with Crippen molar-refractivity contribution in [3.05, 3.63) is 53.2 Å². The van der Waals surface area contributed by atoms with Gasteiger partial charge in [-0.2, -0.15) is 0 Å². The lowest BCUT2D eigenvalue weighted by molar-refractivity contribution is 0.921. The molecule has 0 aliphatic heterocycles. The van der Waals surface area contributed by atoms with E-state index in [1.165, 1.54) is 23.1 Å². The van der Waals surface area contributed by atoms with Crippen molar-refractivity contribution in [2.75, 3.05) is 0 Å². The summed E-state index contributed by atoms with van der Waals surface area (Å²) in [5.74, 6) is 0. The average Bonchev–Trinajstić information content (AvgIpc) is 2.26. The molecule has 1 aromatic rings. The Morgan fingerprint density at radius 3 is 2.69 bits per heavy atom. The summed E-state index contributed by atoms with van der Waals surface area (Å²) in [5.41, 5.74) is 10.4. The molecule has 0 spiro atoms. The highest BCUT2D eigenvalue weighted by Crippen LogP contribution is 2.18. The number of aryl methyl sites for hydroxylation is 1. The van der Waals surface area contributed by atoms with Crippen LogP contribution in [0.5, 0.6) is 0 Å². The molecule has 0 aromatic heterocycles. The molecular weight excluding hydrogens is 194 g/mol. The van der Waals surface area contributed by atoms with Crippen LogP contribution in [0.25, 0.3) is 5.57 Å². The van der Waals surface area contributed by atoms with E-state index in [2.05, 4.69) is 37.3 Å². The van der Waals surface area contributed by atoms with Crippen LogP contribution in [-0.4, -0.2) is 0 Å². The van der Waals surface area contributed by atoms with Crippen molar-refractivity contribution >= 4 is 5.57 Å². The molecule has 1 nitrogen and oxygen atoms in total. The van der Waals surface area contributed by atoms with Crippen LogP contribution in [0.1, 0.15) is 38.3 Å². The maximum atomic E-state index is 5.72. The van der Waals surface area contributed by atoms with Gasteiger partial charge in [0, 0.05) is 5.70 Å². The van der Waals surface area contributed by atoms with Gasteiger partial charge < -0.3 is 5.73 Å². The van der Waals surface area contributed by atoms with Gasteiger partial charge in [-0.3, -0.25) is 0 Å². The standard InChI is InChI=1S/C15H21N/c1-4-7-13-8-6-9-15(11-13)14(5-2)10-12(3)16/h5-6,8-11H,4,7,16H2,1-3H3/b12-10-,14-5+. The Kier molecular flexibility index (Phi) is 4.84. The van der Waals surface area contributed by atoms with Crippen molar-refractivity contribution in [3.63, 3.8) is 0 Å². The third-order valence-corrected chi connectivity index (χ3v) is 2.49. The first-order chi connectivity index (χ1) is 7.67.